The smallest absolute Gasteiger partial charge is 0.326 e. The summed E-state index contributed by atoms with van der Waals surface area (Å²) in [6.07, 6.45) is 4.03. The lowest BCUT2D eigenvalue weighted by atomic mass is 9.89. The molecule has 2 rings (SSSR count). The van der Waals surface area contributed by atoms with Crippen molar-refractivity contribution in [1.82, 2.24) is 9.80 Å². The molecule has 2 N–H and O–H groups in total. The van der Waals surface area contributed by atoms with Crippen LogP contribution in [0.15, 0.2) is 0 Å². The van der Waals surface area contributed by atoms with E-state index in [1.54, 1.807) is 4.90 Å². The second-order valence-corrected chi connectivity index (χ2v) is 5.80. The maximum Gasteiger partial charge on any atom is 0.326 e. The summed E-state index contributed by atoms with van der Waals surface area (Å²) in [5.74, 6) is -0.538. The Bertz CT molecular complexity index is 374. The third-order valence-corrected chi connectivity index (χ3v) is 4.65. The summed E-state index contributed by atoms with van der Waals surface area (Å²) in [6.45, 7) is 3.13. The minimum absolute atomic E-state index is 0.0467. The molecule has 3 unspecified atom stereocenters. The fourth-order valence-corrected chi connectivity index (χ4v) is 3.31. The highest BCUT2D eigenvalue weighted by atomic mass is 16.4. The molecule has 114 valence electrons. The molecular formula is C14H24N2O4. The van der Waals surface area contributed by atoms with Crippen LogP contribution in [0.1, 0.15) is 39.0 Å². The van der Waals surface area contributed by atoms with Crippen molar-refractivity contribution in [1.29, 1.82) is 0 Å². The standard InChI is InChI=1S/C14H24N2O4/c1-2-10-5-7-16(12(8-10)13(18)19)14(20)15-6-3-4-11(15)9-17/h10-12,17H,2-9H2,1H3,(H,18,19). The minimum atomic E-state index is -0.920. The highest BCUT2D eigenvalue weighted by Gasteiger charge is 2.40. The van der Waals surface area contributed by atoms with E-state index in [-0.39, 0.29) is 18.7 Å². The van der Waals surface area contributed by atoms with Gasteiger partial charge in [0.15, 0.2) is 0 Å². The Morgan fingerprint density at radius 3 is 2.55 bits per heavy atom. The largest absolute Gasteiger partial charge is 0.480 e. The minimum Gasteiger partial charge on any atom is -0.480 e. The van der Waals surface area contributed by atoms with Gasteiger partial charge in [-0.15, -0.1) is 0 Å². The number of likely N-dealkylation sites (tertiary alicyclic amines) is 2. The summed E-state index contributed by atoms with van der Waals surface area (Å²) in [6, 6.07) is -1.09. The zero-order valence-electron chi connectivity index (χ0n) is 12.0. The Labute approximate surface area is 119 Å². The van der Waals surface area contributed by atoms with Crippen molar-refractivity contribution >= 4 is 12.0 Å². The van der Waals surface area contributed by atoms with Crippen LogP contribution in [-0.4, -0.2) is 63.8 Å². The summed E-state index contributed by atoms with van der Waals surface area (Å²) in [4.78, 5) is 27.1. The second-order valence-electron chi connectivity index (χ2n) is 5.80. The fraction of sp³-hybridized carbons (Fsp3) is 0.857. The lowest BCUT2D eigenvalue weighted by Crippen LogP contribution is -2.55. The van der Waals surface area contributed by atoms with Crippen molar-refractivity contribution in [2.75, 3.05) is 19.7 Å². The lowest BCUT2D eigenvalue weighted by molar-refractivity contribution is -0.144. The van der Waals surface area contributed by atoms with Gasteiger partial charge >= 0.3 is 12.0 Å². The van der Waals surface area contributed by atoms with Crippen molar-refractivity contribution < 1.29 is 19.8 Å². The van der Waals surface area contributed by atoms with Crippen LogP contribution in [0.3, 0.4) is 0 Å². The quantitative estimate of drug-likeness (QED) is 0.814. The predicted molar refractivity (Wildman–Crippen MR) is 73.4 cm³/mol. The molecule has 20 heavy (non-hydrogen) atoms. The molecule has 0 radical (unpaired) electrons. The van der Waals surface area contributed by atoms with E-state index in [9.17, 15) is 19.8 Å². The summed E-state index contributed by atoms with van der Waals surface area (Å²) >= 11 is 0. The van der Waals surface area contributed by atoms with Crippen molar-refractivity contribution in [3.8, 4) is 0 Å². The highest BCUT2D eigenvalue weighted by molar-refractivity contribution is 5.83. The maximum atomic E-state index is 12.6. The molecule has 2 aliphatic heterocycles. The topological polar surface area (TPSA) is 81.1 Å². The number of aliphatic hydroxyl groups is 1. The van der Waals surface area contributed by atoms with Crippen LogP contribution in [0.5, 0.6) is 0 Å². The van der Waals surface area contributed by atoms with Crippen LogP contribution >= 0.6 is 0 Å². The number of aliphatic hydroxyl groups excluding tert-OH is 1. The molecule has 2 aliphatic rings. The number of carboxylic acid groups (broad SMARTS) is 1. The molecule has 0 bridgehead atoms. The van der Waals surface area contributed by atoms with Gasteiger partial charge in [0.05, 0.1) is 12.6 Å². The number of amides is 2. The van der Waals surface area contributed by atoms with E-state index < -0.39 is 12.0 Å². The van der Waals surface area contributed by atoms with Crippen molar-refractivity contribution in [3.63, 3.8) is 0 Å². The molecule has 2 saturated heterocycles. The Morgan fingerprint density at radius 2 is 1.95 bits per heavy atom. The average molecular weight is 284 g/mol. The van der Waals surface area contributed by atoms with E-state index in [1.165, 1.54) is 4.90 Å². The zero-order valence-corrected chi connectivity index (χ0v) is 12.0. The van der Waals surface area contributed by atoms with Gasteiger partial charge in [-0.25, -0.2) is 9.59 Å². The molecule has 0 aromatic heterocycles. The number of rotatable bonds is 3. The molecule has 0 saturated carbocycles. The predicted octanol–water partition coefficient (Wildman–Crippen LogP) is 1.14. The number of hydrogen-bond donors (Lipinski definition) is 2. The van der Waals surface area contributed by atoms with Crippen LogP contribution in [0, 0.1) is 5.92 Å². The first-order valence-corrected chi connectivity index (χ1v) is 7.49. The van der Waals surface area contributed by atoms with Crippen molar-refractivity contribution in [2.45, 2.75) is 51.1 Å². The summed E-state index contributed by atoms with van der Waals surface area (Å²) in [5.41, 5.74) is 0. The molecule has 0 aromatic rings. The summed E-state index contributed by atoms with van der Waals surface area (Å²) in [5, 5.41) is 18.7. The molecular weight excluding hydrogens is 260 g/mol. The molecule has 2 fully saturated rings. The maximum absolute atomic E-state index is 12.6. The number of aliphatic carboxylic acids is 1. The van der Waals surface area contributed by atoms with Gasteiger partial charge in [-0.1, -0.05) is 13.3 Å². The first kappa shape index (κ1) is 15.1. The van der Waals surface area contributed by atoms with Crippen LogP contribution in [-0.2, 0) is 4.79 Å². The number of nitrogens with zero attached hydrogens (tertiary/aromatic N) is 2. The Kier molecular flexibility index (Phi) is 4.86. The monoisotopic (exact) mass is 284 g/mol. The van der Waals surface area contributed by atoms with Gasteiger partial charge in [0.25, 0.3) is 0 Å². The number of hydrogen-bond acceptors (Lipinski definition) is 3. The molecule has 2 amide bonds. The third-order valence-electron chi connectivity index (χ3n) is 4.65. The SMILES string of the molecule is CCC1CCN(C(=O)N2CCCC2CO)C(C(=O)O)C1. The Balaban J connectivity index is 2.09. The normalized spacial score (nSPS) is 30.6. The first-order valence-electron chi connectivity index (χ1n) is 7.49. The van der Waals surface area contributed by atoms with Gasteiger partial charge in [0, 0.05) is 13.1 Å². The van der Waals surface area contributed by atoms with Gasteiger partial charge in [-0.3, -0.25) is 0 Å². The number of carboxylic acids is 1. The van der Waals surface area contributed by atoms with E-state index in [2.05, 4.69) is 6.92 Å². The van der Waals surface area contributed by atoms with Gasteiger partial charge < -0.3 is 20.0 Å². The molecule has 6 heteroatoms. The van der Waals surface area contributed by atoms with Crippen LogP contribution in [0.25, 0.3) is 0 Å². The first-order chi connectivity index (χ1) is 9.58. The van der Waals surface area contributed by atoms with E-state index in [0.717, 1.165) is 25.7 Å². The number of piperidine rings is 1. The van der Waals surface area contributed by atoms with Gasteiger partial charge in [-0.2, -0.15) is 0 Å². The third kappa shape index (κ3) is 2.90. The molecule has 0 aromatic carbocycles. The Hall–Kier alpha value is -1.30. The molecule has 0 spiro atoms. The molecule has 6 nitrogen and oxygen atoms in total. The van der Waals surface area contributed by atoms with Crippen LogP contribution in [0.4, 0.5) is 4.79 Å². The number of urea groups is 1. The fourth-order valence-electron chi connectivity index (χ4n) is 3.31. The average Bonchev–Trinajstić information content (AvgIpc) is 2.94. The number of carbonyl (C=O) groups is 2. The summed E-state index contributed by atoms with van der Waals surface area (Å²) in [7, 11) is 0. The Morgan fingerprint density at radius 1 is 1.20 bits per heavy atom. The molecule has 2 heterocycles. The molecule has 0 aliphatic carbocycles. The van der Waals surface area contributed by atoms with Crippen molar-refractivity contribution in [2.24, 2.45) is 5.92 Å². The van der Waals surface area contributed by atoms with E-state index >= 15 is 0 Å². The highest BCUT2D eigenvalue weighted by Crippen LogP contribution is 2.28. The van der Waals surface area contributed by atoms with Crippen molar-refractivity contribution in [3.05, 3.63) is 0 Å². The number of carbonyl (C=O) groups excluding carboxylic acids is 1. The second kappa shape index (κ2) is 6.43. The van der Waals surface area contributed by atoms with E-state index in [0.29, 0.717) is 25.4 Å². The lowest BCUT2D eigenvalue weighted by Gasteiger charge is -2.40. The molecule has 3 atom stereocenters. The van der Waals surface area contributed by atoms with Gasteiger partial charge in [0.2, 0.25) is 0 Å². The van der Waals surface area contributed by atoms with E-state index in [4.69, 9.17) is 0 Å². The van der Waals surface area contributed by atoms with Crippen LogP contribution < -0.4 is 0 Å². The zero-order chi connectivity index (χ0) is 14.7. The van der Waals surface area contributed by atoms with E-state index in [1.807, 2.05) is 0 Å². The van der Waals surface area contributed by atoms with Crippen LogP contribution in [0.2, 0.25) is 0 Å². The van der Waals surface area contributed by atoms with Gasteiger partial charge in [-0.05, 0) is 31.6 Å². The van der Waals surface area contributed by atoms with Gasteiger partial charge in [0.1, 0.15) is 6.04 Å². The summed E-state index contributed by atoms with van der Waals surface area (Å²) < 4.78 is 0.